The first-order valence-electron chi connectivity index (χ1n) is 6.30. The third-order valence-corrected chi connectivity index (χ3v) is 3.24. The summed E-state index contributed by atoms with van der Waals surface area (Å²) in [5.74, 6) is -0.0171. The van der Waals surface area contributed by atoms with E-state index in [9.17, 15) is 4.79 Å². The average molecular weight is 257 g/mol. The standard InChI is InChI=1S/C14H15N3O2/c1-9-7-13(19-17-9)14(18)16-12-4-2-3-10-8-15-6-5-11(10)12/h2-4,7,15H,5-6,8H2,1H3,(H,16,18). The lowest BCUT2D eigenvalue weighted by Gasteiger charge is -2.20. The maximum absolute atomic E-state index is 12.1. The molecule has 1 aliphatic rings. The smallest absolute Gasteiger partial charge is 0.294 e. The van der Waals surface area contributed by atoms with Gasteiger partial charge in [0.2, 0.25) is 5.76 Å². The third-order valence-electron chi connectivity index (χ3n) is 3.24. The Bertz CT molecular complexity index is 619. The molecule has 2 heterocycles. The van der Waals surface area contributed by atoms with E-state index < -0.39 is 0 Å². The Morgan fingerprint density at radius 1 is 1.47 bits per heavy atom. The van der Waals surface area contributed by atoms with Gasteiger partial charge in [0.1, 0.15) is 0 Å². The molecule has 0 saturated heterocycles. The van der Waals surface area contributed by atoms with Crippen LogP contribution >= 0.6 is 0 Å². The van der Waals surface area contributed by atoms with E-state index in [0.717, 1.165) is 25.2 Å². The lowest BCUT2D eigenvalue weighted by atomic mass is 9.99. The molecule has 0 bridgehead atoms. The summed E-state index contributed by atoms with van der Waals surface area (Å²) in [4.78, 5) is 12.1. The molecule has 2 aromatic rings. The molecule has 1 aromatic heterocycles. The van der Waals surface area contributed by atoms with Gasteiger partial charge in [-0.05, 0) is 37.1 Å². The maximum atomic E-state index is 12.1. The zero-order valence-corrected chi connectivity index (χ0v) is 10.7. The van der Waals surface area contributed by atoms with Crippen LogP contribution in [0.3, 0.4) is 0 Å². The fraction of sp³-hybridized carbons (Fsp3) is 0.286. The van der Waals surface area contributed by atoms with Gasteiger partial charge in [-0.2, -0.15) is 0 Å². The van der Waals surface area contributed by atoms with Crippen molar-refractivity contribution in [1.82, 2.24) is 10.5 Å². The fourth-order valence-corrected chi connectivity index (χ4v) is 2.30. The fourth-order valence-electron chi connectivity index (χ4n) is 2.30. The summed E-state index contributed by atoms with van der Waals surface area (Å²) in [6.07, 6.45) is 0.918. The molecule has 5 heteroatoms. The number of nitrogens with zero attached hydrogens (tertiary/aromatic N) is 1. The summed E-state index contributed by atoms with van der Waals surface area (Å²) >= 11 is 0. The van der Waals surface area contributed by atoms with Crippen molar-refractivity contribution in [2.24, 2.45) is 0 Å². The van der Waals surface area contributed by atoms with Crippen molar-refractivity contribution in [1.29, 1.82) is 0 Å². The number of fused-ring (bicyclic) bond motifs is 1. The van der Waals surface area contributed by atoms with Crippen LogP contribution in [0, 0.1) is 6.92 Å². The molecule has 0 aliphatic carbocycles. The van der Waals surface area contributed by atoms with Crippen LogP contribution in [-0.4, -0.2) is 17.6 Å². The number of amides is 1. The lowest BCUT2D eigenvalue weighted by Crippen LogP contribution is -2.25. The summed E-state index contributed by atoms with van der Waals surface area (Å²) in [6.45, 7) is 3.57. The van der Waals surface area contributed by atoms with E-state index >= 15 is 0 Å². The number of hydrogen-bond donors (Lipinski definition) is 2. The zero-order valence-electron chi connectivity index (χ0n) is 10.7. The van der Waals surface area contributed by atoms with E-state index in [1.165, 1.54) is 11.1 Å². The maximum Gasteiger partial charge on any atom is 0.294 e. The van der Waals surface area contributed by atoms with Gasteiger partial charge in [-0.25, -0.2) is 0 Å². The number of aromatic nitrogens is 1. The molecule has 0 fully saturated rings. The van der Waals surface area contributed by atoms with E-state index in [1.807, 2.05) is 12.1 Å². The van der Waals surface area contributed by atoms with Gasteiger partial charge in [-0.15, -0.1) is 0 Å². The van der Waals surface area contributed by atoms with Crippen molar-refractivity contribution in [2.75, 3.05) is 11.9 Å². The highest BCUT2D eigenvalue weighted by Crippen LogP contribution is 2.23. The second-order valence-electron chi connectivity index (χ2n) is 4.66. The molecule has 19 heavy (non-hydrogen) atoms. The minimum absolute atomic E-state index is 0.240. The molecule has 1 amide bonds. The predicted octanol–water partition coefficient (Wildman–Crippen LogP) is 1.88. The number of nitrogens with one attached hydrogen (secondary N) is 2. The van der Waals surface area contributed by atoms with Crippen LogP contribution in [0.4, 0.5) is 5.69 Å². The number of carbonyl (C=O) groups excluding carboxylic acids is 1. The highest BCUT2D eigenvalue weighted by atomic mass is 16.5. The van der Waals surface area contributed by atoms with Gasteiger partial charge in [0, 0.05) is 18.3 Å². The van der Waals surface area contributed by atoms with Crippen LogP contribution in [0.15, 0.2) is 28.8 Å². The number of aryl methyl sites for hydroxylation is 1. The van der Waals surface area contributed by atoms with E-state index in [2.05, 4.69) is 21.9 Å². The Kier molecular flexibility index (Phi) is 3.05. The molecule has 0 atom stereocenters. The molecule has 3 rings (SSSR count). The molecular weight excluding hydrogens is 242 g/mol. The van der Waals surface area contributed by atoms with Crippen LogP contribution in [0.2, 0.25) is 0 Å². The summed E-state index contributed by atoms with van der Waals surface area (Å²) in [5.41, 5.74) is 3.99. The van der Waals surface area contributed by atoms with Gasteiger partial charge in [0.05, 0.1) is 5.69 Å². The quantitative estimate of drug-likeness (QED) is 0.862. The van der Waals surface area contributed by atoms with E-state index in [-0.39, 0.29) is 11.7 Å². The normalized spacial score (nSPS) is 13.9. The van der Waals surface area contributed by atoms with E-state index in [0.29, 0.717) is 5.69 Å². The van der Waals surface area contributed by atoms with Gasteiger partial charge >= 0.3 is 0 Å². The van der Waals surface area contributed by atoms with Crippen molar-refractivity contribution < 1.29 is 9.32 Å². The molecule has 0 unspecified atom stereocenters. The number of carbonyl (C=O) groups is 1. The molecule has 1 aliphatic heterocycles. The minimum atomic E-state index is -0.257. The average Bonchev–Trinajstić information content (AvgIpc) is 2.86. The number of rotatable bonds is 2. The molecule has 98 valence electrons. The Morgan fingerprint density at radius 3 is 3.16 bits per heavy atom. The molecule has 0 spiro atoms. The van der Waals surface area contributed by atoms with Crippen LogP contribution in [0.5, 0.6) is 0 Å². The zero-order chi connectivity index (χ0) is 13.2. The van der Waals surface area contributed by atoms with Crippen molar-refractivity contribution in [3.8, 4) is 0 Å². The summed E-state index contributed by atoms with van der Waals surface area (Å²) in [5, 5.41) is 9.94. The van der Waals surface area contributed by atoms with Crippen LogP contribution in [0.1, 0.15) is 27.4 Å². The van der Waals surface area contributed by atoms with Gasteiger partial charge in [0.15, 0.2) is 0 Å². The third kappa shape index (κ3) is 2.37. The van der Waals surface area contributed by atoms with Gasteiger partial charge < -0.3 is 15.2 Å². The Morgan fingerprint density at radius 2 is 2.37 bits per heavy atom. The molecule has 0 radical (unpaired) electrons. The van der Waals surface area contributed by atoms with E-state index in [1.54, 1.807) is 13.0 Å². The number of benzene rings is 1. The van der Waals surface area contributed by atoms with E-state index in [4.69, 9.17) is 4.52 Å². The highest BCUT2D eigenvalue weighted by molar-refractivity contribution is 6.02. The predicted molar refractivity (Wildman–Crippen MR) is 71.0 cm³/mol. The summed E-state index contributed by atoms with van der Waals surface area (Å²) in [6, 6.07) is 7.58. The minimum Gasteiger partial charge on any atom is -0.351 e. The van der Waals surface area contributed by atoms with Crippen molar-refractivity contribution in [2.45, 2.75) is 19.9 Å². The second-order valence-corrected chi connectivity index (χ2v) is 4.66. The van der Waals surface area contributed by atoms with Gasteiger partial charge in [0.25, 0.3) is 5.91 Å². The molecular formula is C14H15N3O2. The molecule has 1 aromatic carbocycles. The van der Waals surface area contributed by atoms with Crippen molar-refractivity contribution in [3.63, 3.8) is 0 Å². The number of anilines is 1. The summed E-state index contributed by atoms with van der Waals surface area (Å²) in [7, 11) is 0. The Labute approximate surface area is 111 Å². The summed E-state index contributed by atoms with van der Waals surface area (Å²) < 4.78 is 4.97. The Hall–Kier alpha value is -2.14. The van der Waals surface area contributed by atoms with Crippen LogP contribution in [-0.2, 0) is 13.0 Å². The van der Waals surface area contributed by atoms with Gasteiger partial charge in [-0.3, -0.25) is 4.79 Å². The molecule has 5 nitrogen and oxygen atoms in total. The lowest BCUT2D eigenvalue weighted by molar-refractivity contribution is 0.0987. The second kappa shape index (κ2) is 4.85. The van der Waals surface area contributed by atoms with Crippen LogP contribution < -0.4 is 10.6 Å². The topological polar surface area (TPSA) is 67.2 Å². The van der Waals surface area contributed by atoms with Crippen molar-refractivity contribution >= 4 is 11.6 Å². The monoisotopic (exact) mass is 257 g/mol. The first-order valence-corrected chi connectivity index (χ1v) is 6.30. The van der Waals surface area contributed by atoms with Crippen molar-refractivity contribution in [3.05, 3.63) is 46.8 Å². The SMILES string of the molecule is Cc1cc(C(=O)Nc2cccc3c2CCNC3)on1. The largest absolute Gasteiger partial charge is 0.351 e. The molecule has 0 saturated carbocycles. The molecule has 2 N–H and O–H groups in total. The van der Waals surface area contributed by atoms with Crippen LogP contribution in [0.25, 0.3) is 0 Å². The Balaban J connectivity index is 1.85. The first-order chi connectivity index (χ1) is 9.24. The first kappa shape index (κ1) is 11.9. The van der Waals surface area contributed by atoms with Gasteiger partial charge in [-0.1, -0.05) is 17.3 Å². The highest BCUT2D eigenvalue weighted by Gasteiger charge is 2.16. The number of hydrogen-bond acceptors (Lipinski definition) is 4.